The van der Waals surface area contributed by atoms with Gasteiger partial charge in [0.1, 0.15) is 5.75 Å². The summed E-state index contributed by atoms with van der Waals surface area (Å²) in [6, 6.07) is 16.5. The topological polar surface area (TPSA) is 50.8 Å². The standard InChI is InChI=1S/C20H14F3N3O/c1-27-14-9-7-12(8-10-14)16-11-15(20(21,22)23)17-18(25-26-19(17)24-16)13-5-3-2-4-6-13/h2-11H,1H3,(H,24,25,26). The Labute approximate surface area is 152 Å². The number of nitrogens with zero attached hydrogens (tertiary/aromatic N) is 2. The quantitative estimate of drug-likeness (QED) is 0.532. The van der Waals surface area contributed by atoms with E-state index in [1.54, 1.807) is 54.6 Å². The first-order valence-corrected chi connectivity index (χ1v) is 8.13. The lowest BCUT2D eigenvalue weighted by atomic mass is 10.0. The highest BCUT2D eigenvalue weighted by Gasteiger charge is 2.35. The summed E-state index contributed by atoms with van der Waals surface area (Å²) in [6.45, 7) is 0. The number of hydrogen-bond acceptors (Lipinski definition) is 3. The molecule has 0 saturated carbocycles. The highest BCUT2D eigenvalue weighted by atomic mass is 19.4. The van der Waals surface area contributed by atoms with Crippen LogP contribution in [0, 0.1) is 0 Å². The van der Waals surface area contributed by atoms with Crippen LogP contribution in [0.2, 0.25) is 0 Å². The van der Waals surface area contributed by atoms with E-state index >= 15 is 0 Å². The Balaban J connectivity index is 1.95. The molecule has 2 heterocycles. The third-order valence-electron chi connectivity index (χ3n) is 4.28. The predicted molar refractivity (Wildman–Crippen MR) is 96.3 cm³/mol. The van der Waals surface area contributed by atoms with Crippen molar-refractivity contribution >= 4 is 11.0 Å². The van der Waals surface area contributed by atoms with Gasteiger partial charge >= 0.3 is 6.18 Å². The molecule has 0 radical (unpaired) electrons. The Kier molecular flexibility index (Phi) is 4.07. The minimum atomic E-state index is -4.55. The summed E-state index contributed by atoms with van der Waals surface area (Å²) in [4.78, 5) is 4.34. The Bertz CT molecular complexity index is 1090. The van der Waals surface area contributed by atoms with E-state index in [1.165, 1.54) is 7.11 Å². The maximum Gasteiger partial charge on any atom is 0.417 e. The molecule has 4 rings (SSSR count). The zero-order chi connectivity index (χ0) is 19.0. The lowest BCUT2D eigenvalue weighted by Crippen LogP contribution is -2.07. The zero-order valence-corrected chi connectivity index (χ0v) is 14.2. The van der Waals surface area contributed by atoms with E-state index in [2.05, 4.69) is 15.2 Å². The van der Waals surface area contributed by atoms with Crippen LogP contribution >= 0.6 is 0 Å². The summed E-state index contributed by atoms with van der Waals surface area (Å²) in [5.74, 6) is 0.613. The monoisotopic (exact) mass is 369 g/mol. The molecule has 0 aliphatic carbocycles. The zero-order valence-electron chi connectivity index (χ0n) is 14.2. The Morgan fingerprint density at radius 2 is 1.63 bits per heavy atom. The molecular formula is C20H14F3N3O. The van der Waals surface area contributed by atoms with Crippen molar-refractivity contribution in [3.63, 3.8) is 0 Å². The summed E-state index contributed by atoms with van der Waals surface area (Å²) >= 11 is 0. The van der Waals surface area contributed by atoms with Crippen molar-refractivity contribution in [1.29, 1.82) is 0 Å². The smallest absolute Gasteiger partial charge is 0.417 e. The van der Waals surface area contributed by atoms with Gasteiger partial charge in [-0.3, -0.25) is 5.10 Å². The Morgan fingerprint density at radius 3 is 2.26 bits per heavy atom. The number of ether oxygens (including phenoxy) is 1. The lowest BCUT2D eigenvalue weighted by Gasteiger charge is -2.12. The van der Waals surface area contributed by atoms with E-state index in [0.717, 1.165) is 6.07 Å². The normalized spacial score (nSPS) is 11.7. The molecule has 136 valence electrons. The molecule has 4 nitrogen and oxygen atoms in total. The van der Waals surface area contributed by atoms with Gasteiger partial charge in [-0.15, -0.1) is 0 Å². The number of nitrogens with one attached hydrogen (secondary N) is 1. The maximum absolute atomic E-state index is 13.8. The van der Waals surface area contributed by atoms with Gasteiger partial charge < -0.3 is 4.74 Å². The molecule has 2 aromatic carbocycles. The van der Waals surface area contributed by atoms with E-state index < -0.39 is 11.7 Å². The maximum atomic E-state index is 13.8. The van der Waals surface area contributed by atoms with Crippen molar-refractivity contribution < 1.29 is 17.9 Å². The average Bonchev–Trinajstić information content (AvgIpc) is 3.11. The molecule has 2 aromatic heterocycles. The number of alkyl halides is 3. The van der Waals surface area contributed by atoms with Crippen molar-refractivity contribution in [2.45, 2.75) is 6.18 Å². The van der Waals surface area contributed by atoms with Crippen LogP contribution in [0.5, 0.6) is 5.75 Å². The molecule has 0 fully saturated rings. The van der Waals surface area contributed by atoms with Crippen LogP contribution in [0.4, 0.5) is 13.2 Å². The van der Waals surface area contributed by atoms with Gasteiger partial charge in [-0.2, -0.15) is 18.3 Å². The number of aromatic nitrogens is 3. The SMILES string of the molecule is COc1ccc(-c2cc(C(F)(F)F)c3c(-c4ccccc4)[nH]nc3n2)cc1. The van der Waals surface area contributed by atoms with E-state index in [1.807, 2.05) is 0 Å². The van der Waals surface area contributed by atoms with Crippen molar-refractivity contribution in [1.82, 2.24) is 15.2 Å². The van der Waals surface area contributed by atoms with Gasteiger partial charge in [0.05, 0.1) is 29.4 Å². The fourth-order valence-electron chi connectivity index (χ4n) is 2.97. The molecule has 1 N–H and O–H groups in total. The Hall–Kier alpha value is -3.35. The molecule has 0 atom stereocenters. The number of methoxy groups -OCH3 is 1. The molecule has 7 heteroatoms. The number of rotatable bonds is 3. The van der Waals surface area contributed by atoms with Gasteiger partial charge in [-0.25, -0.2) is 4.98 Å². The Morgan fingerprint density at radius 1 is 0.926 bits per heavy atom. The molecule has 0 spiro atoms. The third-order valence-corrected chi connectivity index (χ3v) is 4.28. The molecular weight excluding hydrogens is 355 g/mol. The van der Waals surface area contributed by atoms with Gasteiger partial charge in [0, 0.05) is 11.1 Å². The van der Waals surface area contributed by atoms with E-state index in [0.29, 0.717) is 22.6 Å². The molecule has 27 heavy (non-hydrogen) atoms. The van der Waals surface area contributed by atoms with E-state index in [-0.39, 0.29) is 16.7 Å². The average molecular weight is 369 g/mol. The third kappa shape index (κ3) is 3.12. The van der Waals surface area contributed by atoms with Crippen LogP contribution in [-0.4, -0.2) is 22.3 Å². The number of hydrogen-bond donors (Lipinski definition) is 1. The molecule has 0 bridgehead atoms. The number of aromatic amines is 1. The van der Waals surface area contributed by atoms with Crippen molar-refractivity contribution in [3.8, 4) is 28.3 Å². The highest BCUT2D eigenvalue weighted by molar-refractivity contribution is 5.95. The number of fused-ring (bicyclic) bond motifs is 1. The van der Waals surface area contributed by atoms with Crippen molar-refractivity contribution in [2.75, 3.05) is 7.11 Å². The lowest BCUT2D eigenvalue weighted by molar-refractivity contribution is -0.136. The fourth-order valence-corrected chi connectivity index (χ4v) is 2.97. The summed E-state index contributed by atoms with van der Waals surface area (Å²) in [5, 5.41) is 6.70. The number of H-pyrrole nitrogens is 1. The van der Waals surface area contributed by atoms with Crippen LogP contribution in [-0.2, 0) is 6.18 Å². The number of pyridine rings is 1. The van der Waals surface area contributed by atoms with Gasteiger partial charge in [0.15, 0.2) is 5.65 Å². The van der Waals surface area contributed by atoms with Crippen LogP contribution in [0.1, 0.15) is 5.56 Å². The van der Waals surface area contributed by atoms with Crippen LogP contribution in [0.3, 0.4) is 0 Å². The molecule has 0 aliphatic heterocycles. The number of benzene rings is 2. The fraction of sp³-hybridized carbons (Fsp3) is 0.100. The van der Waals surface area contributed by atoms with Gasteiger partial charge in [0.2, 0.25) is 0 Å². The second kappa shape index (κ2) is 6.42. The summed E-state index contributed by atoms with van der Waals surface area (Å²) in [7, 11) is 1.52. The first kappa shape index (κ1) is 17.1. The molecule has 4 aromatic rings. The van der Waals surface area contributed by atoms with Crippen LogP contribution in [0.15, 0.2) is 60.7 Å². The van der Waals surface area contributed by atoms with E-state index in [9.17, 15) is 13.2 Å². The summed E-state index contributed by atoms with van der Waals surface area (Å²) < 4.78 is 46.5. The molecule has 0 unspecified atom stereocenters. The summed E-state index contributed by atoms with van der Waals surface area (Å²) in [5.41, 5.74) is 0.910. The first-order valence-electron chi connectivity index (χ1n) is 8.13. The van der Waals surface area contributed by atoms with Gasteiger partial charge in [-0.05, 0) is 30.3 Å². The van der Waals surface area contributed by atoms with Crippen molar-refractivity contribution in [3.05, 3.63) is 66.2 Å². The van der Waals surface area contributed by atoms with Crippen molar-refractivity contribution in [2.24, 2.45) is 0 Å². The molecule has 0 saturated heterocycles. The van der Waals surface area contributed by atoms with E-state index in [4.69, 9.17) is 4.74 Å². The number of halogens is 3. The van der Waals surface area contributed by atoms with Gasteiger partial charge in [0.25, 0.3) is 0 Å². The van der Waals surface area contributed by atoms with Crippen LogP contribution < -0.4 is 4.74 Å². The minimum Gasteiger partial charge on any atom is -0.497 e. The van der Waals surface area contributed by atoms with Crippen LogP contribution in [0.25, 0.3) is 33.5 Å². The first-order chi connectivity index (χ1) is 13.0. The second-order valence-corrected chi connectivity index (χ2v) is 5.94. The minimum absolute atomic E-state index is 0.0227. The molecule has 0 aliphatic rings. The summed E-state index contributed by atoms with van der Waals surface area (Å²) in [6.07, 6.45) is -4.55. The highest BCUT2D eigenvalue weighted by Crippen LogP contribution is 2.40. The van der Waals surface area contributed by atoms with Gasteiger partial charge in [-0.1, -0.05) is 30.3 Å². The predicted octanol–water partition coefficient (Wildman–Crippen LogP) is 5.32. The molecule has 0 amide bonds. The largest absolute Gasteiger partial charge is 0.497 e. The second-order valence-electron chi connectivity index (χ2n) is 5.94.